The largest absolute Gasteiger partial charge is 0.389 e. The van der Waals surface area contributed by atoms with E-state index in [1.165, 1.54) is 6.07 Å². The molecule has 15 heavy (non-hydrogen) atoms. The minimum atomic E-state index is -0.804. The van der Waals surface area contributed by atoms with Crippen LogP contribution in [0.4, 0.5) is 4.39 Å². The van der Waals surface area contributed by atoms with Crippen molar-refractivity contribution in [3.05, 3.63) is 35.6 Å². The summed E-state index contributed by atoms with van der Waals surface area (Å²) in [6, 6.07) is 6.65. The first kappa shape index (κ1) is 10.6. The van der Waals surface area contributed by atoms with Crippen molar-refractivity contribution in [3.63, 3.8) is 0 Å². The fraction of sp³-hybridized carbons (Fsp3) is 0.500. The Morgan fingerprint density at radius 2 is 2.20 bits per heavy atom. The van der Waals surface area contributed by atoms with Crippen LogP contribution in [0.2, 0.25) is 0 Å². The van der Waals surface area contributed by atoms with Crippen molar-refractivity contribution in [1.82, 2.24) is 0 Å². The second-order valence-corrected chi connectivity index (χ2v) is 4.50. The average Bonchev–Trinajstić information content (AvgIpc) is 2.51. The number of benzene rings is 1. The Kier molecular flexibility index (Phi) is 2.76. The first-order chi connectivity index (χ1) is 7.09. The summed E-state index contributed by atoms with van der Waals surface area (Å²) in [7, 11) is 0. The lowest BCUT2D eigenvalue weighted by Gasteiger charge is -2.22. The second kappa shape index (κ2) is 3.91. The number of aliphatic hydroxyl groups is 1. The quantitative estimate of drug-likeness (QED) is 0.777. The van der Waals surface area contributed by atoms with Crippen LogP contribution in [0.15, 0.2) is 24.3 Å². The molecule has 1 aliphatic rings. The lowest BCUT2D eigenvalue weighted by molar-refractivity contribution is 0.0460. The van der Waals surface area contributed by atoms with Gasteiger partial charge in [-0.05, 0) is 30.9 Å². The normalized spacial score (nSPS) is 30.7. The molecule has 2 atom stereocenters. The molecule has 2 nitrogen and oxygen atoms in total. The molecular formula is C12H16FNO. The first-order valence-electron chi connectivity index (χ1n) is 5.30. The van der Waals surface area contributed by atoms with Gasteiger partial charge in [-0.3, -0.25) is 0 Å². The van der Waals surface area contributed by atoms with E-state index in [2.05, 4.69) is 0 Å². The fourth-order valence-corrected chi connectivity index (χ4v) is 2.30. The Bertz CT molecular complexity index is 355. The summed E-state index contributed by atoms with van der Waals surface area (Å²) >= 11 is 0. The summed E-state index contributed by atoms with van der Waals surface area (Å²) in [5, 5.41) is 10.2. The summed E-state index contributed by atoms with van der Waals surface area (Å²) in [6.45, 7) is 0. The third-order valence-corrected chi connectivity index (χ3v) is 3.10. The van der Waals surface area contributed by atoms with E-state index in [1.54, 1.807) is 18.2 Å². The van der Waals surface area contributed by atoms with Crippen molar-refractivity contribution in [1.29, 1.82) is 0 Å². The van der Waals surface area contributed by atoms with Crippen LogP contribution in [-0.4, -0.2) is 16.7 Å². The van der Waals surface area contributed by atoms with E-state index in [0.717, 1.165) is 6.42 Å². The van der Waals surface area contributed by atoms with Gasteiger partial charge in [0.05, 0.1) is 5.60 Å². The molecule has 2 rings (SSSR count). The molecule has 82 valence electrons. The van der Waals surface area contributed by atoms with Crippen molar-refractivity contribution in [3.8, 4) is 0 Å². The minimum absolute atomic E-state index is 0.0572. The lowest BCUT2D eigenvalue weighted by Crippen LogP contribution is -2.30. The highest BCUT2D eigenvalue weighted by atomic mass is 19.1. The van der Waals surface area contributed by atoms with Crippen LogP contribution in [0.25, 0.3) is 0 Å². The molecule has 0 heterocycles. The molecule has 3 heteroatoms. The predicted octanol–water partition coefficient (Wildman–Crippen LogP) is 1.61. The molecule has 1 fully saturated rings. The van der Waals surface area contributed by atoms with E-state index >= 15 is 0 Å². The zero-order valence-corrected chi connectivity index (χ0v) is 8.62. The van der Waals surface area contributed by atoms with Gasteiger partial charge in [-0.25, -0.2) is 4.39 Å². The number of nitrogens with two attached hydrogens (primary N) is 1. The van der Waals surface area contributed by atoms with Crippen LogP contribution < -0.4 is 5.73 Å². The van der Waals surface area contributed by atoms with E-state index in [0.29, 0.717) is 24.8 Å². The zero-order valence-electron chi connectivity index (χ0n) is 8.62. The molecular weight excluding hydrogens is 193 g/mol. The number of hydrogen-bond acceptors (Lipinski definition) is 2. The molecule has 0 amide bonds. The lowest BCUT2D eigenvalue weighted by atomic mass is 9.92. The number of halogens is 1. The molecule has 0 spiro atoms. The SMILES string of the molecule is NC1CCC(O)(Cc2ccccc2F)C1. The highest BCUT2D eigenvalue weighted by Gasteiger charge is 2.36. The molecule has 0 bridgehead atoms. The highest BCUT2D eigenvalue weighted by molar-refractivity contribution is 5.20. The molecule has 3 N–H and O–H groups in total. The van der Waals surface area contributed by atoms with Crippen LogP contribution >= 0.6 is 0 Å². The molecule has 1 aromatic carbocycles. The van der Waals surface area contributed by atoms with E-state index in [-0.39, 0.29) is 11.9 Å². The Morgan fingerprint density at radius 1 is 1.47 bits per heavy atom. The van der Waals surface area contributed by atoms with Crippen LogP contribution in [0.5, 0.6) is 0 Å². The maximum atomic E-state index is 13.4. The van der Waals surface area contributed by atoms with Gasteiger partial charge in [0, 0.05) is 12.5 Å². The Balaban J connectivity index is 2.12. The standard InChI is InChI=1S/C12H16FNO/c13-11-4-2-1-3-9(11)7-12(15)6-5-10(14)8-12/h1-4,10,15H,5-8,14H2. The van der Waals surface area contributed by atoms with E-state index in [4.69, 9.17) is 5.73 Å². The number of hydrogen-bond donors (Lipinski definition) is 2. The predicted molar refractivity (Wildman–Crippen MR) is 56.9 cm³/mol. The third kappa shape index (κ3) is 2.36. The van der Waals surface area contributed by atoms with Gasteiger partial charge in [0.2, 0.25) is 0 Å². The highest BCUT2D eigenvalue weighted by Crippen LogP contribution is 2.32. The van der Waals surface area contributed by atoms with Crippen LogP contribution in [0, 0.1) is 5.82 Å². The van der Waals surface area contributed by atoms with Crippen molar-refractivity contribution in [2.24, 2.45) is 5.73 Å². The molecule has 0 aromatic heterocycles. The van der Waals surface area contributed by atoms with Crippen LogP contribution in [0.1, 0.15) is 24.8 Å². The Morgan fingerprint density at radius 3 is 2.80 bits per heavy atom. The molecule has 0 radical (unpaired) electrons. The monoisotopic (exact) mass is 209 g/mol. The molecule has 0 saturated heterocycles. The van der Waals surface area contributed by atoms with Crippen molar-refractivity contribution in [2.45, 2.75) is 37.3 Å². The number of rotatable bonds is 2. The molecule has 1 aliphatic carbocycles. The maximum Gasteiger partial charge on any atom is 0.126 e. The van der Waals surface area contributed by atoms with Crippen molar-refractivity contribution < 1.29 is 9.50 Å². The summed E-state index contributed by atoms with van der Waals surface area (Å²) in [5.41, 5.74) is 5.52. The van der Waals surface area contributed by atoms with Crippen LogP contribution in [-0.2, 0) is 6.42 Å². The Hall–Kier alpha value is -0.930. The summed E-state index contributed by atoms with van der Waals surface area (Å²) in [6.07, 6.45) is 2.43. The van der Waals surface area contributed by atoms with Crippen LogP contribution in [0.3, 0.4) is 0 Å². The van der Waals surface area contributed by atoms with Crippen molar-refractivity contribution >= 4 is 0 Å². The van der Waals surface area contributed by atoms with Gasteiger partial charge < -0.3 is 10.8 Å². The van der Waals surface area contributed by atoms with E-state index < -0.39 is 5.60 Å². The third-order valence-electron chi connectivity index (χ3n) is 3.10. The summed E-state index contributed by atoms with van der Waals surface area (Å²) < 4.78 is 13.4. The van der Waals surface area contributed by atoms with Gasteiger partial charge in [0.15, 0.2) is 0 Å². The van der Waals surface area contributed by atoms with Gasteiger partial charge in [-0.1, -0.05) is 18.2 Å². The summed E-state index contributed by atoms with van der Waals surface area (Å²) in [4.78, 5) is 0. The maximum absolute atomic E-state index is 13.4. The Labute approximate surface area is 88.9 Å². The topological polar surface area (TPSA) is 46.2 Å². The van der Waals surface area contributed by atoms with E-state index in [1.807, 2.05) is 0 Å². The fourth-order valence-electron chi connectivity index (χ4n) is 2.30. The summed E-state index contributed by atoms with van der Waals surface area (Å²) in [5.74, 6) is -0.244. The molecule has 1 aromatic rings. The van der Waals surface area contributed by atoms with Gasteiger partial charge >= 0.3 is 0 Å². The van der Waals surface area contributed by atoms with Gasteiger partial charge in [-0.2, -0.15) is 0 Å². The van der Waals surface area contributed by atoms with Gasteiger partial charge in [0.25, 0.3) is 0 Å². The minimum Gasteiger partial charge on any atom is -0.389 e. The molecule has 0 aliphatic heterocycles. The molecule has 1 saturated carbocycles. The zero-order chi connectivity index (χ0) is 10.9. The average molecular weight is 209 g/mol. The molecule has 2 unspecified atom stereocenters. The van der Waals surface area contributed by atoms with Gasteiger partial charge in [0.1, 0.15) is 5.82 Å². The first-order valence-corrected chi connectivity index (χ1v) is 5.30. The smallest absolute Gasteiger partial charge is 0.126 e. The second-order valence-electron chi connectivity index (χ2n) is 4.50. The van der Waals surface area contributed by atoms with Crippen molar-refractivity contribution in [2.75, 3.05) is 0 Å². The van der Waals surface area contributed by atoms with E-state index in [9.17, 15) is 9.50 Å². The van der Waals surface area contributed by atoms with Gasteiger partial charge in [-0.15, -0.1) is 0 Å².